The molecule has 1 aliphatic heterocycles. The molecule has 0 spiro atoms. The van der Waals surface area contributed by atoms with Crippen molar-refractivity contribution < 1.29 is 9.53 Å². The molecule has 2 unspecified atom stereocenters. The molecule has 4 nitrogen and oxygen atoms in total. The zero-order valence-electron chi connectivity index (χ0n) is 14.4. The van der Waals surface area contributed by atoms with Crippen LogP contribution in [0.5, 0.6) is 5.75 Å². The van der Waals surface area contributed by atoms with Gasteiger partial charge in [-0.2, -0.15) is 0 Å². The first kappa shape index (κ1) is 19.3. The van der Waals surface area contributed by atoms with Crippen molar-refractivity contribution in [2.24, 2.45) is 5.92 Å². The number of nitrogens with one attached hydrogen (secondary N) is 2. The number of amides is 1. The van der Waals surface area contributed by atoms with E-state index in [0.717, 1.165) is 25.1 Å². The van der Waals surface area contributed by atoms with E-state index in [1.165, 1.54) is 0 Å². The van der Waals surface area contributed by atoms with Crippen LogP contribution in [0.2, 0.25) is 0 Å². The van der Waals surface area contributed by atoms with Gasteiger partial charge in [-0.15, -0.1) is 12.4 Å². The fourth-order valence-electron chi connectivity index (χ4n) is 2.90. The summed E-state index contributed by atoms with van der Waals surface area (Å²) in [6.45, 7) is 4.54. The van der Waals surface area contributed by atoms with Crippen LogP contribution in [-0.2, 0) is 6.61 Å². The molecule has 0 saturated carbocycles. The Balaban J connectivity index is 0.00000225. The van der Waals surface area contributed by atoms with Gasteiger partial charge in [-0.05, 0) is 42.6 Å². The summed E-state index contributed by atoms with van der Waals surface area (Å²) in [4.78, 5) is 12.5. The Bertz CT molecular complexity index is 678. The first-order valence-electron chi connectivity index (χ1n) is 8.51. The number of hydrogen-bond acceptors (Lipinski definition) is 3. The number of ether oxygens (including phenoxy) is 1. The Labute approximate surface area is 155 Å². The first-order chi connectivity index (χ1) is 11.7. The molecule has 0 aromatic heterocycles. The van der Waals surface area contributed by atoms with Gasteiger partial charge in [0, 0.05) is 18.2 Å². The monoisotopic (exact) mass is 360 g/mol. The highest BCUT2D eigenvalue weighted by molar-refractivity contribution is 5.94. The lowest BCUT2D eigenvalue weighted by Crippen LogP contribution is -2.50. The molecule has 1 amide bonds. The molecule has 1 aliphatic rings. The van der Waals surface area contributed by atoms with E-state index in [2.05, 4.69) is 17.6 Å². The van der Waals surface area contributed by atoms with E-state index in [4.69, 9.17) is 4.74 Å². The second kappa shape index (κ2) is 9.44. The van der Waals surface area contributed by atoms with Crippen molar-refractivity contribution in [3.63, 3.8) is 0 Å². The summed E-state index contributed by atoms with van der Waals surface area (Å²) < 4.78 is 5.80. The lowest BCUT2D eigenvalue weighted by atomic mass is 9.94. The lowest BCUT2D eigenvalue weighted by Gasteiger charge is -2.30. The highest BCUT2D eigenvalue weighted by atomic mass is 35.5. The summed E-state index contributed by atoms with van der Waals surface area (Å²) in [7, 11) is 0. The highest BCUT2D eigenvalue weighted by Crippen LogP contribution is 2.17. The largest absolute Gasteiger partial charge is 0.489 e. The van der Waals surface area contributed by atoms with Crippen molar-refractivity contribution in [1.29, 1.82) is 0 Å². The number of benzene rings is 2. The SMILES string of the molecule is CC1CCNCC1NC(=O)c1cccc(OCc2ccccc2)c1.Cl. The van der Waals surface area contributed by atoms with Crippen molar-refractivity contribution in [3.05, 3.63) is 65.7 Å². The molecule has 25 heavy (non-hydrogen) atoms. The van der Waals surface area contributed by atoms with E-state index in [-0.39, 0.29) is 24.4 Å². The van der Waals surface area contributed by atoms with Gasteiger partial charge in [-0.25, -0.2) is 0 Å². The molecule has 1 saturated heterocycles. The molecule has 134 valence electrons. The van der Waals surface area contributed by atoms with E-state index in [9.17, 15) is 4.79 Å². The summed E-state index contributed by atoms with van der Waals surface area (Å²) >= 11 is 0. The van der Waals surface area contributed by atoms with Crippen LogP contribution in [0.3, 0.4) is 0 Å². The Morgan fingerprint density at radius 1 is 1.20 bits per heavy atom. The summed E-state index contributed by atoms with van der Waals surface area (Å²) in [5.74, 6) is 1.16. The second-order valence-electron chi connectivity index (χ2n) is 6.35. The van der Waals surface area contributed by atoms with E-state index in [0.29, 0.717) is 23.8 Å². The van der Waals surface area contributed by atoms with Crippen molar-refractivity contribution in [2.75, 3.05) is 13.1 Å². The van der Waals surface area contributed by atoms with Gasteiger partial charge < -0.3 is 15.4 Å². The molecule has 2 aromatic rings. The fraction of sp³-hybridized carbons (Fsp3) is 0.350. The van der Waals surface area contributed by atoms with Crippen LogP contribution in [0.4, 0.5) is 0 Å². The minimum Gasteiger partial charge on any atom is -0.489 e. The first-order valence-corrected chi connectivity index (χ1v) is 8.51. The maximum absolute atomic E-state index is 12.5. The van der Waals surface area contributed by atoms with Crippen LogP contribution in [0.15, 0.2) is 54.6 Å². The van der Waals surface area contributed by atoms with Gasteiger partial charge in [0.2, 0.25) is 0 Å². The molecular formula is C20H25ClN2O2. The number of carbonyl (C=O) groups is 1. The molecule has 1 heterocycles. The van der Waals surface area contributed by atoms with Crippen LogP contribution in [-0.4, -0.2) is 25.0 Å². The van der Waals surface area contributed by atoms with Crippen molar-refractivity contribution in [1.82, 2.24) is 10.6 Å². The summed E-state index contributed by atoms with van der Waals surface area (Å²) in [6.07, 6.45) is 1.09. The molecule has 3 rings (SSSR count). The van der Waals surface area contributed by atoms with E-state index in [1.54, 1.807) is 6.07 Å². The fourth-order valence-corrected chi connectivity index (χ4v) is 2.90. The highest BCUT2D eigenvalue weighted by Gasteiger charge is 2.23. The van der Waals surface area contributed by atoms with Gasteiger partial charge in [0.25, 0.3) is 5.91 Å². The van der Waals surface area contributed by atoms with Gasteiger partial charge in [0.1, 0.15) is 12.4 Å². The van der Waals surface area contributed by atoms with Crippen LogP contribution < -0.4 is 15.4 Å². The second-order valence-corrected chi connectivity index (χ2v) is 6.35. The average molecular weight is 361 g/mol. The third-order valence-corrected chi connectivity index (χ3v) is 4.49. The number of piperidine rings is 1. The van der Waals surface area contributed by atoms with Gasteiger partial charge in [0.05, 0.1) is 0 Å². The van der Waals surface area contributed by atoms with Crippen molar-refractivity contribution >= 4 is 18.3 Å². The van der Waals surface area contributed by atoms with Crippen LogP contribution in [0, 0.1) is 5.92 Å². The van der Waals surface area contributed by atoms with Gasteiger partial charge in [0.15, 0.2) is 0 Å². The standard InChI is InChI=1S/C20H24N2O2.ClH/c1-15-10-11-21-13-19(15)22-20(23)17-8-5-9-18(12-17)24-14-16-6-3-2-4-7-16;/h2-9,12,15,19,21H,10-11,13-14H2,1H3,(H,22,23);1H. The zero-order chi connectivity index (χ0) is 16.8. The molecule has 2 N–H and O–H groups in total. The predicted octanol–water partition coefficient (Wildman–Crippen LogP) is 3.42. The van der Waals surface area contributed by atoms with Crippen molar-refractivity contribution in [3.8, 4) is 5.75 Å². The van der Waals surface area contributed by atoms with Gasteiger partial charge in [-0.3, -0.25) is 4.79 Å². The molecule has 2 atom stereocenters. The minimum atomic E-state index is -0.0410. The van der Waals surface area contributed by atoms with Gasteiger partial charge in [-0.1, -0.05) is 43.3 Å². The molecule has 0 bridgehead atoms. The Kier molecular flexibility index (Phi) is 7.29. The third-order valence-electron chi connectivity index (χ3n) is 4.49. The Morgan fingerprint density at radius 3 is 2.76 bits per heavy atom. The van der Waals surface area contributed by atoms with E-state index >= 15 is 0 Å². The average Bonchev–Trinajstić information content (AvgIpc) is 2.63. The Hall–Kier alpha value is -2.04. The molecule has 5 heteroatoms. The van der Waals surface area contributed by atoms with Crippen molar-refractivity contribution in [2.45, 2.75) is 26.0 Å². The summed E-state index contributed by atoms with van der Waals surface area (Å²) in [6, 6.07) is 17.6. The maximum Gasteiger partial charge on any atom is 0.251 e. The number of halogens is 1. The predicted molar refractivity (Wildman–Crippen MR) is 102 cm³/mol. The lowest BCUT2D eigenvalue weighted by molar-refractivity contribution is 0.0914. The minimum absolute atomic E-state index is 0. The zero-order valence-corrected chi connectivity index (χ0v) is 15.2. The molecule has 1 fully saturated rings. The molecule has 2 aromatic carbocycles. The number of hydrogen-bond donors (Lipinski definition) is 2. The summed E-state index contributed by atoms with van der Waals surface area (Å²) in [5, 5.41) is 6.46. The number of rotatable bonds is 5. The van der Waals surface area contributed by atoms with E-state index in [1.807, 2.05) is 48.5 Å². The van der Waals surface area contributed by atoms with Gasteiger partial charge >= 0.3 is 0 Å². The van der Waals surface area contributed by atoms with Crippen LogP contribution in [0.1, 0.15) is 29.3 Å². The quantitative estimate of drug-likeness (QED) is 0.859. The smallest absolute Gasteiger partial charge is 0.251 e. The number of carbonyl (C=O) groups excluding carboxylic acids is 1. The molecular weight excluding hydrogens is 336 g/mol. The van der Waals surface area contributed by atoms with Crippen LogP contribution in [0.25, 0.3) is 0 Å². The molecule has 0 aliphatic carbocycles. The van der Waals surface area contributed by atoms with Crippen LogP contribution >= 0.6 is 12.4 Å². The normalized spacial score (nSPS) is 19.6. The third kappa shape index (κ3) is 5.48. The molecule has 0 radical (unpaired) electrons. The Morgan fingerprint density at radius 2 is 2.00 bits per heavy atom. The van der Waals surface area contributed by atoms with E-state index < -0.39 is 0 Å². The summed E-state index contributed by atoms with van der Waals surface area (Å²) in [5.41, 5.74) is 1.74. The maximum atomic E-state index is 12.5. The topological polar surface area (TPSA) is 50.4 Å².